The Balaban J connectivity index is 2.91. The topological polar surface area (TPSA) is 89.0 Å². The molecule has 5 nitrogen and oxygen atoms in total. The van der Waals surface area contributed by atoms with E-state index >= 15 is 0 Å². The molecule has 86 valence electrons. The monoisotopic (exact) mass is 227 g/mol. The quantitative estimate of drug-likeness (QED) is 0.423. The molecule has 0 amide bonds. The van der Waals surface area contributed by atoms with E-state index in [1.807, 2.05) is 0 Å². The van der Waals surface area contributed by atoms with Gasteiger partial charge >= 0.3 is 0 Å². The lowest BCUT2D eigenvalue weighted by Gasteiger charge is -2.20. The van der Waals surface area contributed by atoms with Crippen molar-refractivity contribution in [2.24, 2.45) is 5.73 Å². The third-order valence-corrected chi connectivity index (χ3v) is 1.86. The van der Waals surface area contributed by atoms with Crippen LogP contribution in [0.1, 0.15) is 0 Å². The molecule has 7 heteroatoms. The summed E-state index contributed by atoms with van der Waals surface area (Å²) in [6.07, 6.45) is 0. The van der Waals surface area contributed by atoms with E-state index in [2.05, 4.69) is 5.32 Å². The Labute approximate surface area is 90.9 Å². The van der Waals surface area contributed by atoms with Gasteiger partial charge in [-0.25, -0.2) is 8.78 Å². The Kier molecular flexibility index (Phi) is 3.39. The largest absolute Gasteiger partial charge is 0.370 e. The lowest BCUT2D eigenvalue weighted by Crippen LogP contribution is -2.44. The standard InChI is InChI=1S/C9H11F2N5/c1-16(9(14)15-8(12)13)7-3-2-5(10)4-6(7)11/h2-4H,1H3,(H5,12,13,14,15). The molecule has 0 heterocycles. The highest BCUT2D eigenvalue weighted by molar-refractivity contribution is 6.03. The Morgan fingerprint density at radius 3 is 2.50 bits per heavy atom. The predicted octanol–water partition coefficient (Wildman–Crippen LogP) is 0.819. The maximum absolute atomic E-state index is 13.3. The van der Waals surface area contributed by atoms with Crippen LogP contribution in [0.4, 0.5) is 14.5 Å². The molecule has 0 saturated heterocycles. The first-order chi connectivity index (χ1) is 7.41. The van der Waals surface area contributed by atoms with Crippen LogP contribution in [0.5, 0.6) is 0 Å². The molecule has 0 spiro atoms. The van der Waals surface area contributed by atoms with Gasteiger partial charge in [0.25, 0.3) is 0 Å². The molecule has 0 bridgehead atoms. The highest BCUT2D eigenvalue weighted by Gasteiger charge is 2.12. The molecule has 0 aliphatic heterocycles. The molecule has 0 saturated carbocycles. The number of nitrogens with two attached hydrogens (primary N) is 1. The van der Waals surface area contributed by atoms with Gasteiger partial charge in [-0.3, -0.25) is 16.1 Å². The van der Waals surface area contributed by atoms with E-state index in [-0.39, 0.29) is 11.6 Å². The van der Waals surface area contributed by atoms with Crippen molar-refractivity contribution in [3.63, 3.8) is 0 Å². The van der Waals surface area contributed by atoms with E-state index in [0.717, 1.165) is 11.0 Å². The van der Waals surface area contributed by atoms with E-state index in [1.54, 1.807) is 0 Å². The van der Waals surface area contributed by atoms with Crippen LogP contribution in [-0.2, 0) is 0 Å². The van der Waals surface area contributed by atoms with Gasteiger partial charge < -0.3 is 10.6 Å². The van der Waals surface area contributed by atoms with Crippen LogP contribution in [-0.4, -0.2) is 19.0 Å². The summed E-state index contributed by atoms with van der Waals surface area (Å²) < 4.78 is 25.9. The number of rotatable bonds is 1. The van der Waals surface area contributed by atoms with Crippen molar-refractivity contribution in [1.82, 2.24) is 5.32 Å². The van der Waals surface area contributed by atoms with Crippen LogP contribution >= 0.6 is 0 Å². The Bertz CT molecular complexity index is 432. The molecule has 1 aromatic rings. The molecule has 0 aromatic heterocycles. The van der Waals surface area contributed by atoms with Gasteiger partial charge in [0.05, 0.1) is 5.69 Å². The molecular weight excluding hydrogens is 216 g/mol. The number of hydrogen-bond donors (Lipinski definition) is 4. The molecule has 1 aromatic carbocycles. The second-order valence-electron chi connectivity index (χ2n) is 3.04. The third-order valence-electron chi connectivity index (χ3n) is 1.86. The van der Waals surface area contributed by atoms with Crippen LogP contribution < -0.4 is 16.0 Å². The summed E-state index contributed by atoms with van der Waals surface area (Å²) in [6.45, 7) is 0. The van der Waals surface area contributed by atoms with Gasteiger partial charge in [-0.05, 0) is 12.1 Å². The van der Waals surface area contributed by atoms with Crippen LogP contribution in [0, 0.1) is 22.5 Å². The Morgan fingerprint density at radius 1 is 1.38 bits per heavy atom. The number of guanidine groups is 2. The molecule has 0 fully saturated rings. The first-order valence-corrected chi connectivity index (χ1v) is 4.30. The molecule has 0 radical (unpaired) electrons. The van der Waals surface area contributed by atoms with E-state index in [0.29, 0.717) is 6.07 Å². The molecular formula is C9H11F2N5. The SMILES string of the molecule is CN(C(=N)NC(=N)N)c1ccc(F)cc1F. The second-order valence-corrected chi connectivity index (χ2v) is 3.04. The van der Waals surface area contributed by atoms with E-state index in [9.17, 15) is 8.78 Å². The minimum absolute atomic E-state index is 0.0140. The molecule has 0 aliphatic rings. The van der Waals surface area contributed by atoms with E-state index in [4.69, 9.17) is 16.6 Å². The lowest BCUT2D eigenvalue weighted by molar-refractivity contribution is 0.584. The van der Waals surface area contributed by atoms with Crippen LogP contribution in [0.25, 0.3) is 0 Å². The fraction of sp³-hybridized carbons (Fsp3) is 0.111. The summed E-state index contributed by atoms with van der Waals surface area (Å²) in [4.78, 5) is 1.11. The first kappa shape index (κ1) is 11.9. The van der Waals surface area contributed by atoms with Crippen molar-refractivity contribution in [2.75, 3.05) is 11.9 Å². The molecule has 5 N–H and O–H groups in total. The zero-order valence-electron chi connectivity index (χ0n) is 8.51. The van der Waals surface area contributed by atoms with E-state index in [1.165, 1.54) is 13.1 Å². The molecule has 1 rings (SSSR count). The average Bonchev–Trinajstić information content (AvgIpc) is 2.15. The van der Waals surface area contributed by atoms with Gasteiger partial charge in [-0.1, -0.05) is 0 Å². The highest BCUT2D eigenvalue weighted by atomic mass is 19.1. The van der Waals surface area contributed by atoms with Crippen molar-refractivity contribution in [3.8, 4) is 0 Å². The van der Waals surface area contributed by atoms with Crippen LogP contribution in [0.3, 0.4) is 0 Å². The van der Waals surface area contributed by atoms with Crippen LogP contribution in [0.2, 0.25) is 0 Å². The molecule has 0 atom stereocenters. The summed E-state index contributed by atoms with van der Waals surface area (Å²) in [7, 11) is 1.40. The van der Waals surface area contributed by atoms with Crippen molar-refractivity contribution < 1.29 is 8.78 Å². The van der Waals surface area contributed by atoms with Crippen molar-refractivity contribution in [2.45, 2.75) is 0 Å². The minimum Gasteiger partial charge on any atom is -0.370 e. The van der Waals surface area contributed by atoms with E-state index < -0.39 is 17.6 Å². The Hall–Kier alpha value is -2.18. The van der Waals surface area contributed by atoms with Gasteiger partial charge in [-0.15, -0.1) is 0 Å². The maximum Gasteiger partial charge on any atom is 0.202 e. The van der Waals surface area contributed by atoms with Crippen molar-refractivity contribution in [1.29, 1.82) is 10.8 Å². The van der Waals surface area contributed by atoms with Crippen LogP contribution in [0.15, 0.2) is 18.2 Å². The Morgan fingerprint density at radius 2 is 2.00 bits per heavy atom. The maximum atomic E-state index is 13.3. The zero-order chi connectivity index (χ0) is 12.3. The number of benzene rings is 1. The van der Waals surface area contributed by atoms with Gasteiger partial charge in [0.1, 0.15) is 11.6 Å². The van der Waals surface area contributed by atoms with Gasteiger partial charge in [0.15, 0.2) is 5.96 Å². The summed E-state index contributed by atoms with van der Waals surface area (Å²) in [5.41, 5.74) is 5.04. The highest BCUT2D eigenvalue weighted by Crippen LogP contribution is 2.18. The first-order valence-electron chi connectivity index (χ1n) is 4.30. The number of nitrogens with one attached hydrogen (secondary N) is 3. The summed E-state index contributed by atoms with van der Waals surface area (Å²) >= 11 is 0. The van der Waals surface area contributed by atoms with Gasteiger partial charge in [0.2, 0.25) is 5.96 Å². The zero-order valence-corrected chi connectivity index (χ0v) is 8.51. The summed E-state index contributed by atoms with van der Waals surface area (Å²) in [6, 6.07) is 2.99. The average molecular weight is 227 g/mol. The number of nitrogens with zero attached hydrogens (tertiary/aromatic N) is 1. The fourth-order valence-electron chi connectivity index (χ4n) is 1.09. The number of hydrogen-bond acceptors (Lipinski definition) is 2. The number of halogens is 2. The molecule has 0 unspecified atom stereocenters. The van der Waals surface area contributed by atoms with Gasteiger partial charge in [0, 0.05) is 13.1 Å². The molecule has 0 aliphatic carbocycles. The number of anilines is 1. The van der Waals surface area contributed by atoms with Gasteiger partial charge in [-0.2, -0.15) is 0 Å². The third kappa shape index (κ3) is 2.66. The fourth-order valence-corrected chi connectivity index (χ4v) is 1.09. The minimum atomic E-state index is -0.794. The predicted molar refractivity (Wildman–Crippen MR) is 57.5 cm³/mol. The normalized spacial score (nSPS) is 9.69. The lowest BCUT2D eigenvalue weighted by atomic mass is 10.3. The van der Waals surface area contributed by atoms with Crippen molar-refractivity contribution >= 4 is 17.6 Å². The van der Waals surface area contributed by atoms with Crippen molar-refractivity contribution in [3.05, 3.63) is 29.8 Å². The molecule has 16 heavy (non-hydrogen) atoms. The summed E-state index contributed by atoms with van der Waals surface area (Å²) in [5.74, 6) is -2.20. The summed E-state index contributed by atoms with van der Waals surface area (Å²) in [5, 5.41) is 16.6. The second kappa shape index (κ2) is 4.56. The smallest absolute Gasteiger partial charge is 0.202 e.